The van der Waals surface area contributed by atoms with Crippen molar-refractivity contribution in [2.24, 2.45) is 10.9 Å². The number of guanidine groups is 1. The zero-order valence-electron chi connectivity index (χ0n) is 18.8. The van der Waals surface area contributed by atoms with Crippen LogP contribution in [0.15, 0.2) is 23.2 Å². The average molecular weight is 419 g/mol. The number of fused-ring (bicyclic) bond motifs is 1. The van der Waals surface area contributed by atoms with Gasteiger partial charge in [0.2, 0.25) is 0 Å². The third-order valence-electron chi connectivity index (χ3n) is 5.42. The lowest BCUT2D eigenvalue weighted by Crippen LogP contribution is -2.39. The molecular formula is C23H38N4O3. The molecule has 0 amide bonds. The highest BCUT2D eigenvalue weighted by molar-refractivity contribution is 5.94. The molecule has 0 aromatic heterocycles. The van der Waals surface area contributed by atoms with Gasteiger partial charge in [-0.2, -0.15) is 0 Å². The Balaban J connectivity index is 1.53. The number of rotatable bonds is 11. The topological polar surface area (TPSA) is 67.4 Å². The van der Waals surface area contributed by atoms with Crippen LogP contribution < -0.4 is 20.1 Å². The third kappa shape index (κ3) is 8.03. The summed E-state index contributed by atoms with van der Waals surface area (Å²) in [7, 11) is 2.14. The second-order valence-corrected chi connectivity index (χ2v) is 8.44. The summed E-state index contributed by atoms with van der Waals surface area (Å²) >= 11 is 0. The van der Waals surface area contributed by atoms with Crippen molar-refractivity contribution in [2.75, 3.05) is 58.4 Å². The van der Waals surface area contributed by atoms with Gasteiger partial charge in [0.05, 0.1) is 13.2 Å². The van der Waals surface area contributed by atoms with Crippen molar-refractivity contribution >= 4 is 11.6 Å². The summed E-state index contributed by atoms with van der Waals surface area (Å²) in [5.41, 5.74) is 0.938. The van der Waals surface area contributed by atoms with Crippen molar-refractivity contribution in [2.45, 2.75) is 45.6 Å². The first-order valence-corrected chi connectivity index (χ1v) is 11.3. The highest BCUT2D eigenvalue weighted by Gasteiger charge is 2.20. The molecule has 1 fully saturated rings. The van der Waals surface area contributed by atoms with E-state index in [9.17, 15) is 0 Å². The monoisotopic (exact) mass is 418 g/mol. The first-order valence-electron chi connectivity index (χ1n) is 11.3. The van der Waals surface area contributed by atoms with Crippen LogP contribution in [0.2, 0.25) is 0 Å². The molecule has 168 valence electrons. The van der Waals surface area contributed by atoms with Crippen molar-refractivity contribution in [1.82, 2.24) is 10.2 Å². The molecule has 7 nitrogen and oxygen atoms in total. The fourth-order valence-electron chi connectivity index (χ4n) is 3.02. The first-order chi connectivity index (χ1) is 14.6. The molecule has 1 heterocycles. The summed E-state index contributed by atoms with van der Waals surface area (Å²) in [5.74, 6) is 3.18. The van der Waals surface area contributed by atoms with Gasteiger partial charge in [-0.15, -0.1) is 0 Å². The van der Waals surface area contributed by atoms with Gasteiger partial charge in [-0.25, -0.2) is 0 Å². The Labute approximate surface area is 181 Å². The molecule has 3 rings (SSSR count). The fourth-order valence-corrected chi connectivity index (χ4v) is 3.02. The summed E-state index contributed by atoms with van der Waals surface area (Å²) in [4.78, 5) is 7.06. The molecule has 1 aromatic carbocycles. The molecule has 1 aliphatic heterocycles. The van der Waals surface area contributed by atoms with Crippen LogP contribution >= 0.6 is 0 Å². The van der Waals surface area contributed by atoms with E-state index < -0.39 is 0 Å². The number of nitrogens with zero attached hydrogens (tertiary/aromatic N) is 2. The van der Waals surface area contributed by atoms with E-state index in [0.29, 0.717) is 19.3 Å². The largest absolute Gasteiger partial charge is 0.490 e. The molecule has 1 saturated carbocycles. The zero-order chi connectivity index (χ0) is 21.2. The number of anilines is 1. The van der Waals surface area contributed by atoms with Crippen molar-refractivity contribution in [3.8, 4) is 11.5 Å². The molecule has 1 aliphatic carbocycles. The van der Waals surface area contributed by atoms with Crippen molar-refractivity contribution in [3.05, 3.63) is 18.2 Å². The normalized spacial score (nSPS) is 16.6. The number of ether oxygens (including phenoxy) is 3. The molecule has 0 bridgehead atoms. The highest BCUT2D eigenvalue weighted by Crippen LogP contribution is 2.32. The fraction of sp³-hybridized carbons (Fsp3) is 0.696. The van der Waals surface area contributed by atoms with Crippen molar-refractivity contribution < 1.29 is 14.2 Å². The minimum Gasteiger partial charge on any atom is -0.490 e. The molecule has 2 N–H and O–H groups in total. The standard InChI is InChI=1S/C23H38N4O3/c1-18(2)27(3)12-11-25-23(24-10-4-13-28-17-19-6-7-19)26-20-8-9-21-22(16-20)30-15-5-14-29-21/h8-9,16,18-19H,4-7,10-15,17H2,1-3H3,(H2,24,25,26). The van der Waals surface area contributed by atoms with Crippen LogP contribution in [0.4, 0.5) is 5.69 Å². The van der Waals surface area contributed by atoms with E-state index in [1.807, 2.05) is 18.2 Å². The van der Waals surface area contributed by atoms with Crippen LogP contribution in [0.5, 0.6) is 11.5 Å². The summed E-state index contributed by atoms with van der Waals surface area (Å²) in [6.45, 7) is 9.95. The van der Waals surface area contributed by atoms with Crippen LogP contribution in [-0.4, -0.2) is 70.0 Å². The molecule has 7 heteroatoms. The van der Waals surface area contributed by atoms with E-state index in [4.69, 9.17) is 19.2 Å². The molecular weight excluding hydrogens is 380 g/mol. The number of benzene rings is 1. The quantitative estimate of drug-likeness (QED) is 0.326. The van der Waals surface area contributed by atoms with Crippen LogP contribution in [0.25, 0.3) is 0 Å². The minimum absolute atomic E-state index is 0.519. The Kier molecular flexibility index (Phi) is 9.08. The maximum atomic E-state index is 5.81. The number of aliphatic imine (C=N–C) groups is 1. The summed E-state index contributed by atoms with van der Waals surface area (Å²) < 4.78 is 17.3. The van der Waals surface area contributed by atoms with Gasteiger partial charge in [-0.1, -0.05) is 0 Å². The van der Waals surface area contributed by atoms with Gasteiger partial charge in [0.1, 0.15) is 0 Å². The number of nitrogens with one attached hydrogen (secondary N) is 2. The Hall–Kier alpha value is -1.99. The molecule has 30 heavy (non-hydrogen) atoms. The van der Waals surface area contributed by atoms with Gasteiger partial charge in [0.25, 0.3) is 0 Å². The van der Waals surface area contributed by atoms with E-state index in [-0.39, 0.29) is 0 Å². The summed E-state index contributed by atoms with van der Waals surface area (Å²) in [6, 6.07) is 6.46. The summed E-state index contributed by atoms with van der Waals surface area (Å²) in [5, 5.41) is 6.87. The average Bonchev–Trinajstić information content (AvgIpc) is 3.57. The van der Waals surface area contributed by atoms with Gasteiger partial charge in [0, 0.05) is 57.1 Å². The molecule has 1 aromatic rings. The number of likely N-dealkylation sites (N-methyl/N-ethyl adjacent to an activating group) is 1. The first kappa shape index (κ1) is 22.7. The van der Waals surface area contributed by atoms with E-state index in [1.165, 1.54) is 12.8 Å². The SMILES string of the molecule is CC(C)N(C)CCNC(=NCCCOCC1CC1)Nc1ccc2c(c1)OCCCO2. The van der Waals surface area contributed by atoms with E-state index in [2.05, 4.69) is 36.4 Å². The van der Waals surface area contributed by atoms with Crippen LogP contribution in [0, 0.1) is 5.92 Å². The Morgan fingerprint density at radius 2 is 2.03 bits per heavy atom. The van der Waals surface area contributed by atoms with Crippen LogP contribution in [0.3, 0.4) is 0 Å². The Bertz CT molecular complexity index is 676. The molecule has 0 unspecified atom stereocenters. The lowest BCUT2D eigenvalue weighted by Gasteiger charge is -2.22. The highest BCUT2D eigenvalue weighted by atomic mass is 16.5. The maximum absolute atomic E-state index is 5.81. The van der Waals surface area contributed by atoms with Gasteiger partial charge >= 0.3 is 0 Å². The van der Waals surface area contributed by atoms with Gasteiger partial charge in [-0.3, -0.25) is 4.99 Å². The summed E-state index contributed by atoms with van der Waals surface area (Å²) in [6.07, 6.45) is 4.48. The van der Waals surface area contributed by atoms with Crippen LogP contribution in [0.1, 0.15) is 39.5 Å². The van der Waals surface area contributed by atoms with Crippen molar-refractivity contribution in [3.63, 3.8) is 0 Å². The predicted molar refractivity (Wildman–Crippen MR) is 122 cm³/mol. The lowest BCUT2D eigenvalue weighted by molar-refractivity contribution is 0.123. The second kappa shape index (κ2) is 12.0. The molecule has 0 atom stereocenters. The molecule has 0 spiro atoms. The molecule has 0 saturated heterocycles. The van der Waals surface area contributed by atoms with Crippen LogP contribution in [-0.2, 0) is 4.74 Å². The smallest absolute Gasteiger partial charge is 0.195 e. The maximum Gasteiger partial charge on any atom is 0.195 e. The minimum atomic E-state index is 0.519. The zero-order valence-corrected chi connectivity index (χ0v) is 18.8. The number of hydrogen-bond acceptors (Lipinski definition) is 5. The van der Waals surface area contributed by atoms with E-state index in [1.54, 1.807) is 0 Å². The van der Waals surface area contributed by atoms with E-state index >= 15 is 0 Å². The van der Waals surface area contributed by atoms with Gasteiger partial charge in [-0.05, 0) is 58.2 Å². The second-order valence-electron chi connectivity index (χ2n) is 8.44. The lowest BCUT2D eigenvalue weighted by atomic mass is 10.2. The molecule has 2 aliphatic rings. The predicted octanol–water partition coefficient (Wildman–Crippen LogP) is 3.36. The van der Waals surface area contributed by atoms with Crippen molar-refractivity contribution in [1.29, 1.82) is 0 Å². The Morgan fingerprint density at radius 1 is 1.23 bits per heavy atom. The van der Waals surface area contributed by atoms with E-state index in [0.717, 1.165) is 74.8 Å². The van der Waals surface area contributed by atoms with Gasteiger partial charge in [0.15, 0.2) is 17.5 Å². The number of hydrogen-bond donors (Lipinski definition) is 2. The third-order valence-corrected chi connectivity index (χ3v) is 5.42. The Morgan fingerprint density at radius 3 is 2.80 bits per heavy atom. The molecule has 0 radical (unpaired) electrons. The van der Waals surface area contributed by atoms with Gasteiger partial charge < -0.3 is 29.7 Å².